The van der Waals surface area contributed by atoms with Crippen LogP contribution in [0.15, 0.2) is 53.4 Å². The van der Waals surface area contributed by atoms with Gasteiger partial charge in [-0.3, -0.25) is 4.79 Å². The summed E-state index contributed by atoms with van der Waals surface area (Å²) in [6.07, 6.45) is 0. The molecule has 1 N–H and O–H groups in total. The average Bonchev–Trinajstić information content (AvgIpc) is 2.61. The van der Waals surface area contributed by atoms with Crippen molar-refractivity contribution in [2.75, 3.05) is 7.05 Å². The smallest absolute Gasteiger partial charge is 0.329 e. The summed E-state index contributed by atoms with van der Waals surface area (Å²) in [6, 6.07) is 12.8. The molecule has 0 spiro atoms. The van der Waals surface area contributed by atoms with Gasteiger partial charge < -0.3 is 10.0 Å². The largest absolute Gasteiger partial charge is 0.480 e. The summed E-state index contributed by atoms with van der Waals surface area (Å²) in [5.74, 6) is -1.74. The van der Waals surface area contributed by atoms with Crippen molar-refractivity contribution in [3.8, 4) is 0 Å². The molecule has 0 aromatic heterocycles. The average molecular weight is 389 g/mol. The quantitative estimate of drug-likeness (QED) is 0.820. The lowest BCUT2D eigenvalue weighted by Crippen LogP contribution is -2.50. The number of aliphatic carboxylic acids is 1. The van der Waals surface area contributed by atoms with Crippen LogP contribution in [-0.4, -0.2) is 42.9 Å². The number of sulfone groups is 1. The van der Waals surface area contributed by atoms with Crippen molar-refractivity contribution in [3.63, 3.8) is 0 Å². The van der Waals surface area contributed by atoms with E-state index in [1.54, 1.807) is 36.4 Å². The van der Waals surface area contributed by atoms with Gasteiger partial charge in [-0.05, 0) is 50.6 Å². The molecule has 0 heterocycles. The zero-order valence-electron chi connectivity index (χ0n) is 15.8. The van der Waals surface area contributed by atoms with Gasteiger partial charge in [-0.15, -0.1) is 0 Å². The van der Waals surface area contributed by atoms with Gasteiger partial charge >= 0.3 is 5.97 Å². The number of likely N-dealkylation sites (N-methyl/N-ethyl adjacent to an activating group) is 1. The third-order valence-electron chi connectivity index (χ3n) is 4.60. The highest BCUT2D eigenvalue weighted by Gasteiger charge is 2.35. The van der Waals surface area contributed by atoms with Crippen LogP contribution in [0.2, 0.25) is 0 Å². The van der Waals surface area contributed by atoms with Crippen LogP contribution in [-0.2, 0) is 20.4 Å². The van der Waals surface area contributed by atoms with E-state index >= 15 is 0 Å². The van der Waals surface area contributed by atoms with E-state index in [0.717, 1.165) is 10.5 Å². The maximum Gasteiger partial charge on any atom is 0.329 e. The molecule has 0 aliphatic heterocycles. The number of nitrogens with zero attached hydrogens (tertiary/aromatic N) is 1. The monoisotopic (exact) mass is 389 g/mol. The maximum absolute atomic E-state index is 12.5. The minimum Gasteiger partial charge on any atom is -0.480 e. The summed E-state index contributed by atoms with van der Waals surface area (Å²) in [5.41, 5.74) is 0.464. The van der Waals surface area contributed by atoms with E-state index in [4.69, 9.17) is 0 Å². The summed E-state index contributed by atoms with van der Waals surface area (Å²) < 4.78 is 25.0. The molecule has 27 heavy (non-hydrogen) atoms. The Labute approximate surface area is 159 Å². The number of hydrogen-bond acceptors (Lipinski definition) is 4. The molecule has 7 heteroatoms. The standard InChI is InChI=1S/C20H23NO5S/c1-14-5-11-17(12-6-14)27(25,26)13-15-7-9-16(10-8-15)18(22)21(4)20(2,3)19(23)24/h5-12H,13H2,1-4H3,(H,23,24). The number of amides is 1. The molecule has 0 aliphatic rings. The van der Waals surface area contributed by atoms with E-state index in [9.17, 15) is 23.1 Å². The summed E-state index contributed by atoms with van der Waals surface area (Å²) in [7, 11) is -2.06. The highest BCUT2D eigenvalue weighted by Crippen LogP contribution is 2.20. The molecule has 0 radical (unpaired) electrons. The normalized spacial score (nSPS) is 11.9. The SMILES string of the molecule is Cc1ccc(S(=O)(=O)Cc2ccc(C(=O)N(C)C(C)(C)C(=O)O)cc2)cc1. The summed E-state index contributed by atoms with van der Waals surface area (Å²) >= 11 is 0. The topological polar surface area (TPSA) is 91.8 Å². The minimum atomic E-state index is -3.49. The molecule has 0 fully saturated rings. The van der Waals surface area contributed by atoms with Gasteiger partial charge in [0.1, 0.15) is 5.54 Å². The van der Waals surface area contributed by atoms with Crippen molar-refractivity contribution in [1.29, 1.82) is 0 Å². The van der Waals surface area contributed by atoms with Crippen molar-refractivity contribution < 1.29 is 23.1 Å². The van der Waals surface area contributed by atoms with E-state index < -0.39 is 27.3 Å². The lowest BCUT2D eigenvalue weighted by molar-refractivity contribution is -0.147. The molecule has 144 valence electrons. The second kappa shape index (κ2) is 7.52. The van der Waals surface area contributed by atoms with Gasteiger partial charge in [-0.2, -0.15) is 0 Å². The Hall–Kier alpha value is -2.67. The number of carbonyl (C=O) groups is 2. The number of carbonyl (C=O) groups excluding carboxylic acids is 1. The van der Waals surface area contributed by atoms with Crippen LogP contribution >= 0.6 is 0 Å². The number of aryl methyl sites for hydroxylation is 1. The van der Waals surface area contributed by atoms with Gasteiger partial charge in [-0.1, -0.05) is 29.8 Å². The van der Waals surface area contributed by atoms with Gasteiger partial charge in [0.2, 0.25) is 0 Å². The van der Waals surface area contributed by atoms with Crippen molar-refractivity contribution in [3.05, 3.63) is 65.2 Å². The van der Waals surface area contributed by atoms with E-state index in [-0.39, 0.29) is 10.6 Å². The van der Waals surface area contributed by atoms with Gasteiger partial charge in [0.15, 0.2) is 9.84 Å². The molecule has 6 nitrogen and oxygen atoms in total. The van der Waals surface area contributed by atoms with E-state index in [1.165, 1.54) is 33.0 Å². The van der Waals surface area contributed by atoms with Gasteiger partial charge in [-0.25, -0.2) is 13.2 Å². The number of carboxylic acid groups (broad SMARTS) is 1. The van der Waals surface area contributed by atoms with E-state index in [1.807, 2.05) is 6.92 Å². The molecule has 2 aromatic rings. The van der Waals surface area contributed by atoms with Gasteiger partial charge in [0.25, 0.3) is 5.91 Å². The Balaban J connectivity index is 2.19. The molecule has 1 amide bonds. The Morgan fingerprint density at radius 3 is 2.00 bits per heavy atom. The first-order chi connectivity index (χ1) is 12.4. The first-order valence-corrected chi connectivity index (χ1v) is 10.0. The fourth-order valence-electron chi connectivity index (χ4n) is 2.38. The lowest BCUT2D eigenvalue weighted by atomic mass is 10.0. The fraction of sp³-hybridized carbons (Fsp3) is 0.300. The molecule has 0 aliphatic carbocycles. The molecule has 2 rings (SSSR count). The molecular weight excluding hydrogens is 366 g/mol. The van der Waals surface area contributed by atoms with Crippen molar-refractivity contribution in [2.24, 2.45) is 0 Å². The Morgan fingerprint density at radius 2 is 1.52 bits per heavy atom. The first kappa shape index (κ1) is 20.6. The first-order valence-electron chi connectivity index (χ1n) is 8.35. The van der Waals surface area contributed by atoms with Gasteiger partial charge in [0.05, 0.1) is 10.6 Å². The van der Waals surface area contributed by atoms with E-state index in [2.05, 4.69) is 0 Å². The predicted molar refractivity (Wildman–Crippen MR) is 102 cm³/mol. The van der Waals surface area contributed by atoms with Crippen LogP contribution < -0.4 is 0 Å². The van der Waals surface area contributed by atoms with Crippen LogP contribution in [0.5, 0.6) is 0 Å². The van der Waals surface area contributed by atoms with Crippen LogP contribution in [0.3, 0.4) is 0 Å². The zero-order valence-corrected chi connectivity index (χ0v) is 16.6. The second-order valence-electron chi connectivity index (χ2n) is 7.00. The molecule has 2 aromatic carbocycles. The number of benzene rings is 2. The predicted octanol–water partition coefficient (Wildman–Crippen LogP) is 2.90. The van der Waals surface area contributed by atoms with Crippen LogP contribution in [0.4, 0.5) is 0 Å². The van der Waals surface area contributed by atoms with E-state index in [0.29, 0.717) is 11.1 Å². The Kier molecular flexibility index (Phi) is 5.75. The van der Waals surface area contributed by atoms with Gasteiger partial charge in [0, 0.05) is 12.6 Å². The minimum absolute atomic E-state index is 0.180. The zero-order chi connectivity index (χ0) is 20.4. The van der Waals surface area contributed by atoms with Crippen LogP contribution in [0.1, 0.15) is 35.3 Å². The Bertz CT molecular complexity index is 945. The maximum atomic E-state index is 12.5. The summed E-state index contributed by atoms with van der Waals surface area (Å²) in [5, 5.41) is 9.24. The molecule has 0 bridgehead atoms. The number of rotatable bonds is 6. The molecular formula is C20H23NO5S. The highest BCUT2D eigenvalue weighted by molar-refractivity contribution is 7.90. The van der Waals surface area contributed by atoms with Crippen molar-refractivity contribution >= 4 is 21.7 Å². The summed E-state index contributed by atoms with van der Waals surface area (Å²) in [4.78, 5) is 25.2. The Morgan fingerprint density at radius 1 is 1.00 bits per heavy atom. The molecule has 0 saturated carbocycles. The second-order valence-corrected chi connectivity index (χ2v) is 8.99. The third-order valence-corrected chi connectivity index (χ3v) is 6.31. The fourth-order valence-corrected chi connectivity index (χ4v) is 3.73. The summed E-state index contributed by atoms with van der Waals surface area (Å²) in [6.45, 7) is 4.76. The molecule has 0 saturated heterocycles. The van der Waals surface area contributed by atoms with Crippen molar-refractivity contribution in [2.45, 2.75) is 37.0 Å². The highest BCUT2D eigenvalue weighted by atomic mass is 32.2. The van der Waals surface area contributed by atoms with Crippen LogP contribution in [0.25, 0.3) is 0 Å². The number of carboxylic acids is 1. The van der Waals surface area contributed by atoms with Crippen molar-refractivity contribution in [1.82, 2.24) is 4.90 Å². The number of hydrogen-bond donors (Lipinski definition) is 1. The molecule has 0 atom stereocenters. The lowest BCUT2D eigenvalue weighted by Gasteiger charge is -2.31. The third kappa shape index (κ3) is 4.54. The van der Waals surface area contributed by atoms with Crippen LogP contribution in [0, 0.1) is 6.92 Å². The molecule has 0 unspecified atom stereocenters.